The minimum Gasteiger partial charge on any atom is -0.345 e. The molecule has 2 saturated heterocycles. The molecule has 1 aromatic heterocycles. The second kappa shape index (κ2) is 8.42. The monoisotopic (exact) mass is 378 g/mol. The van der Waals surface area contributed by atoms with E-state index in [2.05, 4.69) is 17.1 Å². The third kappa shape index (κ3) is 4.01. The zero-order chi connectivity index (χ0) is 19.3. The molecule has 0 saturated carbocycles. The highest BCUT2D eigenvalue weighted by Crippen LogP contribution is 2.23. The highest BCUT2D eigenvalue weighted by atomic mass is 16.2. The standard InChI is InChI=1S/C22H26N4O2/c27-20-17-26(16-15-24(20)14-10-18-7-2-1-3-8-18)21-19(9-6-11-23-21)22(28)25-12-4-5-13-25/h1-3,6-9,11H,4-5,10,12-17H2. The summed E-state index contributed by atoms with van der Waals surface area (Å²) in [7, 11) is 0. The molecule has 0 radical (unpaired) electrons. The van der Waals surface area contributed by atoms with Gasteiger partial charge in [0.2, 0.25) is 5.91 Å². The molecule has 6 heteroatoms. The van der Waals surface area contributed by atoms with Gasteiger partial charge >= 0.3 is 0 Å². The summed E-state index contributed by atoms with van der Waals surface area (Å²) < 4.78 is 0. The summed E-state index contributed by atoms with van der Waals surface area (Å²) in [6, 6.07) is 13.8. The third-order valence-electron chi connectivity index (χ3n) is 5.54. The Bertz CT molecular complexity index is 833. The number of pyridine rings is 1. The van der Waals surface area contributed by atoms with Crippen molar-refractivity contribution in [1.29, 1.82) is 0 Å². The molecule has 2 amide bonds. The minimum absolute atomic E-state index is 0.0274. The second-order valence-electron chi connectivity index (χ2n) is 7.41. The highest BCUT2D eigenvalue weighted by molar-refractivity contribution is 5.99. The van der Waals surface area contributed by atoms with E-state index in [1.54, 1.807) is 12.3 Å². The molecule has 2 aromatic rings. The van der Waals surface area contributed by atoms with Crippen LogP contribution in [0, 0.1) is 0 Å². The van der Waals surface area contributed by atoms with E-state index in [1.165, 1.54) is 5.56 Å². The van der Waals surface area contributed by atoms with E-state index in [0.29, 0.717) is 24.5 Å². The fraction of sp³-hybridized carbons (Fsp3) is 0.409. The Kier molecular flexibility index (Phi) is 5.55. The molecule has 28 heavy (non-hydrogen) atoms. The fourth-order valence-electron chi connectivity index (χ4n) is 3.94. The van der Waals surface area contributed by atoms with Crippen LogP contribution in [0.5, 0.6) is 0 Å². The molecule has 0 atom stereocenters. The molecule has 0 unspecified atom stereocenters. The molecule has 0 N–H and O–H groups in total. The summed E-state index contributed by atoms with van der Waals surface area (Å²) in [5.74, 6) is 0.752. The Hall–Kier alpha value is -2.89. The van der Waals surface area contributed by atoms with E-state index < -0.39 is 0 Å². The van der Waals surface area contributed by atoms with Gasteiger partial charge < -0.3 is 14.7 Å². The third-order valence-corrected chi connectivity index (χ3v) is 5.54. The van der Waals surface area contributed by atoms with Crippen LogP contribution in [0.2, 0.25) is 0 Å². The van der Waals surface area contributed by atoms with Crippen molar-refractivity contribution in [2.75, 3.05) is 44.2 Å². The lowest BCUT2D eigenvalue weighted by molar-refractivity contribution is -0.130. The molecule has 2 fully saturated rings. The van der Waals surface area contributed by atoms with E-state index in [-0.39, 0.29) is 18.4 Å². The smallest absolute Gasteiger partial charge is 0.257 e. The van der Waals surface area contributed by atoms with Gasteiger partial charge in [0.05, 0.1) is 12.1 Å². The van der Waals surface area contributed by atoms with Gasteiger partial charge in [-0.05, 0) is 37.0 Å². The fourth-order valence-corrected chi connectivity index (χ4v) is 3.94. The van der Waals surface area contributed by atoms with Crippen molar-refractivity contribution in [3.8, 4) is 0 Å². The largest absolute Gasteiger partial charge is 0.345 e. The first-order valence-corrected chi connectivity index (χ1v) is 10.0. The van der Waals surface area contributed by atoms with Crippen molar-refractivity contribution in [3.05, 3.63) is 59.8 Å². The van der Waals surface area contributed by atoms with Gasteiger partial charge in [0.1, 0.15) is 5.82 Å². The number of anilines is 1. The number of nitrogens with zero attached hydrogens (tertiary/aromatic N) is 4. The summed E-state index contributed by atoms with van der Waals surface area (Å²) in [4.78, 5) is 35.8. The van der Waals surface area contributed by atoms with Gasteiger partial charge in [-0.2, -0.15) is 0 Å². The van der Waals surface area contributed by atoms with Gasteiger partial charge in [-0.3, -0.25) is 9.59 Å². The van der Waals surface area contributed by atoms with Gasteiger partial charge in [0, 0.05) is 38.9 Å². The first-order valence-electron chi connectivity index (χ1n) is 10.0. The molecule has 6 nitrogen and oxygen atoms in total. The Morgan fingerprint density at radius 1 is 0.964 bits per heavy atom. The topological polar surface area (TPSA) is 56.8 Å². The van der Waals surface area contributed by atoms with Crippen molar-refractivity contribution >= 4 is 17.6 Å². The molecule has 4 rings (SSSR count). The zero-order valence-corrected chi connectivity index (χ0v) is 16.1. The highest BCUT2D eigenvalue weighted by Gasteiger charge is 2.29. The second-order valence-corrected chi connectivity index (χ2v) is 7.41. The summed E-state index contributed by atoms with van der Waals surface area (Å²) in [6.45, 7) is 3.95. The SMILES string of the molecule is O=C1CN(c2ncccc2C(=O)N2CCCC2)CCN1CCc1ccccc1. The molecule has 0 aliphatic carbocycles. The summed E-state index contributed by atoms with van der Waals surface area (Å²) in [5, 5.41) is 0. The molecule has 2 aliphatic rings. The molecule has 0 bridgehead atoms. The summed E-state index contributed by atoms with van der Waals surface area (Å²) >= 11 is 0. The Labute approximate surface area is 165 Å². The molecule has 0 spiro atoms. The number of amides is 2. The predicted molar refractivity (Wildman–Crippen MR) is 108 cm³/mol. The average molecular weight is 378 g/mol. The summed E-state index contributed by atoms with van der Waals surface area (Å²) in [6.07, 6.45) is 4.66. The Balaban J connectivity index is 1.41. The quantitative estimate of drug-likeness (QED) is 0.801. The van der Waals surface area contributed by atoms with Crippen LogP contribution < -0.4 is 4.90 Å². The number of rotatable bonds is 5. The number of carbonyl (C=O) groups is 2. The van der Waals surface area contributed by atoms with Crippen LogP contribution in [0.25, 0.3) is 0 Å². The predicted octanol–water partition coefficient (Wildman–Crippen LogP) is 2.21. The number of hydrogen-bond acceptors (Lipinski definition) is 4. The van der Waals surface area contributed by atoms with E-state index in [9.17, 15) is 9.59 Å². The number of benzene rings is 1. The maximum Gasteiger partial charge on any atom is 0.257 e. The number of carbonyl (C=O) groups excluding carboxylic acids is 2. The first kappa shape index (κ1) is 18.5. The molecular weight excluding hydrogens is 352 g/mol. The van der Waals surface area contributed by atoms with Gasteiger partial charge in [0.15, 0.2) is 0 Å². The van der Waals surface area contributed by atoms with Crippen LogP contribution in [-0.2, 0) is 11.2 Å². The van der Waals surface area contributed by atoms with E-state index in [0.717, 1.165) is 38.9 Å². The maximum absolute atomic E-state index is 12.9. The number of aromatic nitrogens is 1. The first-order chi connectivity index (χ1) is 13.7. The minimum atomic E-state index is 0.0274. The van der Waals surface area contributed by atoms with Gasteiger partial charge in [0.25, 0.3) is 5.91 Å². The Morgan fingerprint density at radius 2 is 1.75 bits per heavy atom. The molecule has 3 heterocycles. The number of hydrogen-bond donors (Lipinski definition) is 0. The van der Waals surface area contributed by atoms with Crippen LogP contribution in [0.4, 0.5) is 5.82 Å². The van der Waals surface area contributed by atoms with Crippen LogP contribution in [0.15, 0.2) is 48.7 Å². The van der Waals surface area contributed by atoms with Crippen molar-refractivity contribution in [3.63, 3.8) is 0 Å². The molecular formula is C22H26N4O2. The molecule has 2 aliphatic heterocycles. The van der Waals surface area contributed by atoms with E-state index >= 15 is 0 Å². The zero-order valence-electron chi connectivity index (χ0n) is 16.1. The van der Waals surface area contributed by atoms with Gasteiger partial charge in [-0.1, -0.05) is 30.3 Å². The van der Waals surface area contributed by atoms with Gasteiger partial charge in [-0.25, -0.2) is 4.98 Å². The molecule has 1 aromatic carbocycles. The van der Waals surface area contributed by atoms with Crippen molar-refractivity contribution in [1.82, 2.24) is 14.8 Å². The van der Waals surface area contributed by atoms with E-state index in [4.69, 9.17) is 0 Å². The average Bonchev–Trinajstić information content (AvgIpc) is 3.28. The van der Waals surface area contributed by atoms with Crippen LogP contribution in [0.1, 0.15) is 28.8 Å². The van der Waals surface area contributed by atoms with Crippen molar-refractivity contribution < 1.29 is 9.59 Å². The maximum atomic E-state index is 12.9. The van der Waals surface area contributed by atoms with Crippen LogP contribution in [0.3, 0.4) is 0 Å². The van der Waals surface area contributed by atoms with Crippen LogP contribution in [-0.4, -0.2) is 65.9 Å². The van der Waals surface area contributed by atoms with Crippen molar-refractivity contribution in [2.24, 2.45) is 0 Å². The lowest BCUT2D eigenvalue weighted by Gasteiger charge is -2.36. The lowest BCUT2D eigenvalue weighted by atomic mass is 10.1. The van der Waals surface area contributed by atoms with Crippen molar-refractivity contribution in [2.45, 2.75) is 19.3 Å². The number of piperazine rings is 1. The number of likely N-dealkylation sites (tertiary alicyclic amines) is 1. The Morgan fingerprint density at radius 3 is 2.50 bits per heavy atom. The lowest BCUT2D eigenvalue weighted by Crippen LogP contribution is -2.51. The van der Waals surface area contributed by atoms with Gasteiger partial charge in [-0.15, -0.1) is 0 Å². The van der Waals surface area contributed by atoms with Crippen LogP contribution >= 0.6 is 0 Å². The normalized spacial score (nSPS) is 17.3. The van der Waals surface area contributed by atoms with E-state index in [1.807, 2.05) is 39.0 Å². The molecule has 146 valence electrons. The summed E-state index contributed by atoms with van der Waals surface area (Å²) in [5.41, 5.74) is 1.84.